The van der Waals surface area contributed by atoms with E-state index in [-0.39, 0.29) is 0 Å². The predicted octanol–water partition coefficient (Wildman–Crippen LogP) is 12.9. The van der Waals surface area contributed by atoms with Crippen molar-refractivity contribution in [1.82, 2.24) is 9.13 Å². The lowest BCUT2D eigenvalue weighted by Gasteiger charge is -2.14. The van der Waals surface area contributed by atoms with E-state index in [1.165, 1.54) is 82.7 Å². The van der Waals surface area contributed by atoms with E-state index < -0.39 is 0 Å². The van der Waals surface area contributed by atoms with Crippen LogP contribution >= 0.6 is 0 Å². The lowest BCUT2D eigenvalue weighted by atomic mass is 9.99. The Morgan fingerprint density at radius 2 is 0.760 bits per heavy atom. The first-order valence-electron chi connectivity index (χ1n) is 17.2. The Morgan fingerprint density at radius 1 is 0.260 bits per heavy atom. The van der Waals surface area contributed by atoms with Crippen LogP contribution in [-0.2, 0) is 0 Å². The SMILES string of the molecule is c1ccc(-c2ccc3c4cc(-c5ccc6c(c5)c5ccccc5n6-c5ccccc5-c5ccccc5)ccc4n(-c4ccccc4)c3c2)cc1. The van der Waals surface area contributed by atoms with Gasteiger partial charge in [-0.15, -0.1) is 0 Å². The molecule has 0 radical (unpaired) electrons. The number of fused-ring (bicyclic) bond motifs is 6. The molecular weight excluding hydrogens is 605 g/mol. The van der Waals surface area contributed by atoms with Gasteiger partial charge in [-0.3, -0.25) is 0 Å². The smallest absolute Gasteiger partial charge is 0.0547 e. The molecule has 50 heavy (non-hydrogen) atoms. The molecule has 2 heterocycles. The molecule has 10 rings (SSSR count). The number of hydrogen-bond acceptors (Lipinski definition) is 0. The van der Waals surface area contributed by atoms with E-state index in [9.17, 15) is 0 Å². The van der Waals surface area contributed by atoms with Crippen LogP contribution in [0.1, 0.15) is 0 Å². The largest absolute Gasteiger partial charge is 0.309 e. The number of rotatable bonds is 5. The van der Waals surface area contributed by atoms with Gasteiger partial charge in [-0.05, 0) is 82.4 Å². The number of aromatic nitrogens is 2. The molecule has 234 valence electrons. The average Bonchev–Trinajstić information content (AvgIpc) is 3.70. The average molecular weight is 637 g/mol. The number of nitrogens with zero attached hydrogens (tertiary/aromatic N) is 2. The lowest BCUT2D eigenvalue weighted by Crippen LogP contribution is -1.97. The van der Waals surface area contributed by atoms with Crippen LogP contribution in [-0.4, -0.2) is 9.13 Å². The van der Waals surface area contributed by atoms with Crippen LogP contribution < -0.4 is 0 Å². The van der Waals surface area contributed by atoms with Crippen LogP contribution in [0, 0.1) is 0 Å². The summed E-state index contributed by atoms with van der Waals surface area (Å²) in [5.41, 5.74) is 14.5. The molecule has 2 heteroatoms. The summed E-state index contributed by atoms with van der Waals surface area (Å²) in [4.78, 5) is 0. The second-order valence-corrected chi connectivity index (χ2v) is 13.0. The molecule has 2 nitrogen and oxygen atoms in total. The van der Waals surface area contributed by atoms with Crippen LogP contribution in [0.15, 0.2) is 194 Å². The van der Waals surface area contributed by atoms with E-state index in [1.54, 1.807) is 0 Å². The summed E-state index contributed by atoms with van der Waals surface area (Å²) in [6, 6.07) is 70.4. The van der Waals surface area contributed by atoms with Crippen molar-refractivity contribution in [3.63, 3.8) is 0 Å². The number of hydrogen-bond donors (Lipinski definition) is 0. The van der Waals surface area contributed by atoms with E-state index in [2.05, 4.69) is 203 Å². The Kier molecular flexibility index (Phi) is 6.53. The molecule has 0 N–H and O–H groups in total. The first kappa shape index (κ1) is 28.4. The summed E-state index contributed by atoms with van der Waals surface area (Å²) in [6.45, 7) is 0. The molecule has 0 atom stereocenters. The first-order valence-corrected chi connectivity index (χ1v) is 17.2. The minimum Gasteiger partial charge on any atom is -0.309 e. The highest BCUT2D eigenvalue weighted by atomic mass is 15.0. The van der Waals surface area contributed by atoms with Crippen LogP contribution in [0.5, 0.6) is 0 Å². The van der Waals surface area contributed by atoms with Crippen molar-refractivity contribution in [3.05, 3.63) is 194 Å². The molecule has 0 aliphatic heterocycles. The highest BCUT2D eigenvalue weighted by Gasteiger charge is 2.18. The van der Waals surface area contributed by atoms with Crippen molar-refractivity contribution in [2.24, 2.45) is 0 Å². The van der Waals surface area contributed by atoms with Gasteiger partial charge in [-0.1, -0.05) is 140 Å². The van der Waals surface area contributed by atoms with E-state index in [4.69, 9.17) is 0 Å². The fourth-order valence-corrected chi connectivity index (χ4v) is 7.81. The van der Waals surface area contributed by atoms with E-state index in [0.29, 0.717) is 0 Å². The third kappa shape index (κ3) is 4.50. The summed E-state index contributed by atoms with van der Waals surface area (Å²) < 4.78 is 4.83. The zero-order chi connectivity index (χ0) is 33.0. The first-order chi connectivity index (χ1) is 24.8. The monoisotopic (exact) mass is 636 g/mol. The Balaban J connectivity index is 1.17. The molecule has 0 saturated carbocycles. The van der Waals surface area contributed by atoms with Gasteiger partial charge in [0, 0.05) is 32.8 Å². The molecule has 0 aliphatic carbocycles. The summed E-state index contributed by atoms with van der Waals surface area (Å²) in [5, 5.41) is 5.00. The molecule has 0 unspecified atom stereocenters. The van der Waals surface area contributed by atoms with Gasteiger partial charge in [0.1, 0.15) is 0 Å². The van der Waals surface area contributed by atoms with Gasteiger partial charge in [-0.2, -0.15) is 0 Å². The minimum atomic E-state index is 1.16. The third-order valence-corrected chi connectivity index (χ3v) is 10.1. The van der Waals surface area contributed by atoms with Gasteiger partial charge in [0.2, 0.25) is 0 Å². The summed E-state index contributed by atoms with van der Waals surface area (Å²) in [5.74, 6) is 0. The number of para-hydroxylation sites is 3. The van der Waals surface area contributed by atoms with Crippen molar-refractivity contribution in [1.29, 1.82) is 0 Å². The van der Waals surface area contributed by atoms with Gasteiger partial charge >= 0.3 is 0 Å². The standard InChI is InChI=1S/C48H32N2/c1-4-14-33(15-5-1)37-24-27-41-43-31-35(25-28-46(43)49(48(41)32-37)38-18-8-3-9-19-38)36-26-29-47-42(30-36)40-21-11-13-23-45(40)50(47)44-22-12-10-20-39(44)34-16-6-2-7-17-34/h1-32H. The molecular formula is C48H32N2. The molecule has 0 aliphatic rings. The molecule has 0 amide bonds. The van der Waals surface area contributed by atoms with Crippen molar-refractivity contribution in [3.8, 4) is 44.8 Å². The highest BCUT2D eigenvalue weighted by Crippen LogP contribution is 2.40. The zero-order valence-corrected chi connectivity index (χ0v) is 27.4. The quantitative estimate of drug-likeness (QED) is 0.178. The zero-order valence-electron chi connectivity index (χ0n) is 27.4. The fraction of sp³-hybridized carbons (Fsp3) is 0. The Morgan fingerprint density at radius 3 is 1.48 bits per heavy atom. The van der Waals surface area contributed by atoms with Crippen LogP contribution in [0.3, 0.4) is 0 Å². The van der Waals surface area contributed by atoms with Gasteiger partial charge in [0.05, 0.1) is 27.8 Å². The van der Waals surface area contributed by atoms with E-state index >= 15 is 0 Å². The van der Waals surface area contributed by atoms with Crippen LogP contribution in [0.4, 0.5) is 0 Å². The van der Waals surface area contributed by atoms with Crippen molar-refractivity contribution >= 4 is 43.6 Å². The molecule has 0 fully saturated rings. The van der Waals surface area contributed by atoms with Crippen LogP contribution in [0.2, 0.25) is 0 Å². The predicted molar refractivity (Wildman–Crippen MR) is 211 cm³/mol. The summed E-state index contributed by atoms with van der Waals surface area (Å²) in [7, 11) is 0. The van der Waals surface area contributed by atoms with Crippen molar-refractivity contribution in [2.45, 2.75) is 0 Å². The van der Waals surface area contributed by atoms with Gasteiger partial charge in [-0.25, -0.2) is 0 Å². The maximum atomic E-state index is 2.43. The lowest BCUT2D eigenvalue weighted by molar-refractivity contribution is 1.18. The Labute approximate surface area is 290 Å². The molecule has 10 aromatic rings. The van der Waals surface area contributed by atoms with Gasteiger partial charge in [0.15, 0.2) is 0 Å². The normalized spacial score (nSPS) is 11.6. The Hall–Kier alpha value is -6.64. The third-order valence-electron chi connectivity index (χ3n) is 10.1. The summed E-state index contributed by atoms with van der Waals surface area (Å²) in [6.07, 6.45) is 0. The van der Waals surface area contributed by atoms with Crippen molar-refractivity contribution < 1.29 is 0 Å². The summed E-state index contributed by atoms with van der Waals surface area (Å²) >= 11 is 0. The minimum absolute atomic E-state index is 1.16. The maximum Gasteiger partial charge on any atom is 0.0547 e. The van der Waals surface area contributed by atoms with Gasteiger partial charge in [0.25, 0.3) is 0 Å². The second-order valence-electron chi connectivity index (χ2n) is 13.0. The van der Waals surface area contributed by atoms with E-state index in [1.807, 2.05) is 0 Å². The molecule has 2 aromatic heterocycles. The van der Waals surface area contributed by atoms with Crippen molar-refractivity contribution in [2.75, 3.05) is 0 Å². The second kappa shape index (κ2) is 11.5. The molecule has 0 spiro atoms. The van der Waals surface area contributed by atoms with Crippen LogP contribution in [0.25, 0.3) is 88.4 Å². The Bertz CT molecular complexity index is 2840. The van der Waals surface area contributed by atoms with E-state index in [0.717, 1.165) is 5.69 Å². The molecule has 0 saturated heterocycles. The van der Waals surface area contributed by atoms with Gasteiger partial charge < -0.3 is 9.13 Å². The maximum absolute atomic E-state index is 2.43. The topological polar surface area (TPSA) is 9.86 Å². The number of benzene rings is 8. The molecule has 0 bridgehead atoms. The highest BCUT2D eigenvalue weighted by molar-refractivity contribution is 6.13. The molecule has 8 aromatic carbocycles. The fourth-order valence-electron chi connectivity index (χ4n) is 7.81.